The molecule has 0 unspecified atom stereocenters. The van der Waals surface area contributed by atoms with Gasteiger partial charge in [0.15, 0.2) is 5.65 Å². The van der Waals surface area contributed by atoms with Crippen molar-refractivity contribution in [3.63, 3.8) is 0 Å². The molecular weight excluding hydrogens is 474 g/mol. The Hall–Kier alpha value is -4.09. The minimum absolute atomic E-state index is 0.0844. The molecule has 0 aliphatic carbocycles. The summed E-state index contributed by atoms with van der Waals surface area (Å²) in [5.74, 6) is 1.19. The Morgan fingerprint density at radius 3 is 2.70 bits per heavy atom. The van der Waals surface area contributed by atoms with Crippen LogP contribution in [-0.4, -0.2) is 83.1 Å². The maximum atomic E-state index is 12.1. The van der Waals surface area contributed by atoms with Crippen LogP contribution in [0.25, 0.3) is 27.9 Å². The average molecular weight is 502 g/mol. The summed E-state index contributed by atoms with van der Waals surface area (Å²) in [6, 6.07) is 5.82. The van der Waals surface area contributed by atoms with Crippen LogP contribution in [0.3, 0.4) is 0 Å². The van der Waals surface area contributed by atoms with Crippen LogP contribution in [0.2, 0.25) is 0 Å². The molecule has 4 aromatic heterocycles. The van der Waals surface area contributed by atoms with E-state index in [4.69, 9.17) is 24.2 Å². The molecule has 11 heteroatoms. The number of ether oxygens (including phenoxy) is 3. The van der Waals surface area contributed by atoms with Gasteiger partial charge in [0, 0.05) is 68.0 Å². The standard InChI is InChI=1S/C26H27N7O4/c1-27-25(34)19-10-18(11-28-12-19)21-14-30-33-15-22(26(31-24(21)33)37-20-4-7-36-16-20)17-2-3-23(29-13-17)32-5-8-35-9-6-32/h2-3,10-15,20H,4-9,16H2,1H3,(H,27,34)/t20-/m0/s1. The lowest BCUT2D eigenvalue weighted by molar-refractivity contribution is 0.0962. The second kappa shape index (κ2) is 10.1. The third kappa shape index (κ3) is 4.70. The lowest BCUT2D eigenvalue weighted by Gasteiger charge is -2.27. The van der Waals surface area contributed by atoms with Crippen LogP contribution in [0, 0.1) is 0 Å². The molecule has 11 nitrogen and oxygen atoms in total. The number of hydrogen-bond donors (Lipinski definition) is 1. The van der Waals surface area contributed by atoms with Crippen LogP contribution in [-0.2, 0) is 9.47 Å². The first-order valence-electron chi connectivity index (χ1n) is 12.3. The molecular formula is C26H27N7O4. The van der Waals surface area contributed by atoms with Crippen molar-refractivity contribution in [1.29, 1.82) is 0 Å². The van der Waals surface area contributed by atoms with Gasteiger partial charge in [0.05, 0.1) is 43.8 Å². The van der Waals surface area contributed by atoms with Gasteiger partial charge in [-0.3, -0.25) is 9.78 Å². The molecule has 2 aliphatic rings. The zero-order valence-electron chi connectivity index (χ0n) is 20.5. The molecule has 4 aromatic rings. The van der Waals surface area contributed by atoms with Crippen LogP contribution >= 0.6 is 0 Å². The van der Waals surface area contributed by atoms with E-state index in [0.717, 1.165) is 47.6 Å². The molecule has 0 aromatic carbocycles. The summed E-state index contributed by atoms with van der Waals surface area (Å²) in [4.78, 5) is 28.2. The normalized spacial score (nSPS) is 17.8. The molecule has 0 spiro atoms. The van der Waals surface area contributed by atoms with Crippen LogP contribution < -0.4 is 15.0 Å². The first-order valence-corrected chi connectivity index (χ1v) is 12.3. The fourth-order valence-corrected chi connectivity index (χ4v) is 4.53. The highest BCUT2D eigenvalue weighted by Crippen LogP contribution is 2.33. The number of pyridine rings is 2. The number of nitrogens with one attached hydrogen (secondary N) is 1. The lowest BCUT2D eigenvalue weighted by atomic mass is 10.1. The first kappa shape index (κ1) is 23.3. The van der Waals surface area contributed by atoms with Crippen LogP contribution in [0.1, 0.15) is 16.8 Å². The van der Waals surface area contributed by atoms with E-state index in [-0.39, 0.29) is 12.0 Å². The molecule has 1 atom stereocenters. The Balaban J connectivity index is 1.40. The number of anilines is 1. The summed E-state index contributed by atoms with van der Waals surface area (Å²) in [6.07, 6.45) is 9.40. The van der Waals surface area contributed by atoms with Gasteiger partial charge in [-0.15, -0.1) is 0 Å². The van der Waals surface area contributed by atoms with Gasteiger partial charge in [0.2, 0.25) is 5.88 Å². The van der Waals surface area contributed by atoms with Gasteiger partial charge in [-0.25, -0.2) is 9.50 Å². The second-order valence-corrected chi connectivity index (χ2v) is 8.94. The molecule has 6 rings (SSSR count). The van der Waals surface area contributed by atoms with E-state index >= 15 is 0 Å². The molecule has 0 radical (unpaired) electrons. The molecule has 2 saturated heterocycles. The molecule has 2 fully saturated rings. The van der Waals surface area contributed by atoms with Gasteiger partial charge in [-0.05, 0) is 18.2 Å². The van der Waals surface area contributed by atoms with E-state index in [0.29, 0.717) is 43.5 Å². The molecule has 6 heterocycles. The number of fused-ring (bicyclic) bond motifs is 1. The number of hydrogen-bond acceptors (Lipinski definition) is 9. The van der Waals surface area contributed by atoms with Gasteiger partial charge < -0.3 is 24.4 Å². The van der Waals surface area contributed by atoms with Gasteiger partial charge in [-0.2, -0.15) is 10.1 Å². The maximum absolute atomic E-state index is 12.1. The third-order valence-corrected chi connectivity index (χ3v) is 6.56. The van der Waals surface area contributed by atoms with Crippen molar-refractivity contribution in [2.45, 2.75) is 12.5 Å². The smallest absolute Gasteiger partial charge is 0.252 e. The number of rotatable bonds is 6. The molecule has 1 amide bonds. The Bertz CT molecular complexity index is 1410. The zero-order valence-corrected chi connectivity index (χ0v) is 20.5. The largest absolute Gasteiger partial charge is 0.471 e. The summed E-state index contributed by atoms with van der Waals surface area (Å²) < 4.78 is 19.0. The monoisotopic (exact) mass is 501 g/mol. The van der Waals surface area contributed by atoms with E-state index in [2.05, 4.69) is 20.3 Å². The van der Waals surface area contributed by atoms with Crippen LogP contribution in [0.5, 0.6) is 5.88 Å². The Labute approximate surface area is 213 Å². The van der Waals surface area contributed by atoms with Gasteiger partial charge >= 0.3 is 0 Å². The predicted octanol–water partition coefficient (Wildman–Crippen LogP) is 2.22. The highest BCUT2D eigenvalue weighted by molar-refractivity contribution is 5.95. The van der Waals surface area contributed by atoms with Crippen LogP contribution in [0.4, 0.5) is 5.82 Å². The summed E-state index contributed by atoms with van der Waals surface area (Å²) in [6.45, 7) is 4.23. The minimum Gasteiger partial charge on any atom is -0.471 e. The van der Waals surface area contributed by atoms with Gasteiger partial charge in [0.25, 0.3) is 5.91 Å². The van der Waals surface area contributed by atoms with Crippen molar-refractivity contribution in [3.8, 4) is 28.1 Å². The molecule has 1 N–H and O–H groups in total. The van der Waals surface area contributed by atoms with E-state index in [1.165, 1.54) is 6.20 Å². The average Bonchev–Trinajstić information content (AvgIpc) is 3.63. The number of carbonyl (C=O) groups excluding carboxylic acids is 1. The summed E-state index contributed by atoms with van der Waals surface area (Å²) >= 11 is 0. The summed E-state index contributed by atoms with van der Waals surface area (Å²) in [5, 5.41) is 7.17. The topological polar surface area (TPSA) is 116 Å². The SMILES string of the molecule is CNC(=O)c1cncc(-c2cnn3cc(-c4ccc(N5CCOCC5)nc4)c(O[C@H]4CCOC4)nc23)c1. The molecule has 190 valence electrons. The van der Waals surface area contributed by atoms with Crippen LogP contribution in [0.15, 0.2) is 49.2 Å². The maximum Gasteiger partial charge on any atom is 0.252 e. The minimum atomic E-state index is -0.209. The molecule has 37 heavy (non-hydrogen) atoms. The van der Waals surface area contributed by atoms with Crippen molar-refractivity contribution >= 4 is 17.4 Å². The first-order chi connectivity index (χ1) is 18.2. The van der Waals surface area contributed by atoms with E-state index < -0.39 is 0 Å². The highest BCUT2D eigenvalue weighted by atomic mass is 16.5. The van der Waals surface area contributed by atoms with Crippen molar-refractivity contribution < 1.29 is 19.0 Å². The third-order valence-electron chi connectivity index (χ3n) is 6.56. The predicted molar refractivity (Wildman–Crippen MR) is 136 cm³/mol. The number of carbonyl (C=O) groups is 1. The quantitative estimate of drug-likeness (QED) is 0.424. The second-order valence-electron chi connectivity index (χ2n) is 8.94. The number of aromatic nitrogens is 5. The summed E-state index contributed by atoms with van der Waals surface area (Å²) in [5.41, 5.74) is 4.21. The Kier molecular flexibility index (Phi) is 6.37. The molecule has 0 bridgehead atoms. The zero-order chi connectivity index (χ0) is 25.2. The van der Waals surface area contributed by atoms with Gasteiger partial charge in [-0.1, -0.05) is 0 Å². The van der Waals surface area contributed by atoms with Gasteiger partial charge in [0.1, 0.15) is 11.9 Å². The fourth-order valence-electron chi connectivity index (χ4n) is 4.53. The van der Waals surface area contributed by atoms with Crippen molar-refractivity contribution in [1.82, 2.24) is 29.9 Å². The fraction of sp³-hybridized carbons (Fsp3) is 0.346. The lowest BCUT2D eigenvalue weighted by Crippen LogP contribution is -2.36. The summed E-state index contributed by atoms with van der Waals surface area (Å²) in [7, 11) is 1.59. The van der Waals surface area contributed by atoms with Crippen molar-refractivity contribution in [3.05, 3.63) is 54.7 Å². The van der Waals surface area contributed by atoms with E-state index in [1.807, 2.05) is 24.5 Å². The Morgan fingerprint density at radius 2 is 1.95 bits per heavy atom. The number of nitrogens with zero attached hydrogens (tertiary/aromatic N) is 6. The van der Waals surface area contributed by atoms with Crippen molar-refractivity contribution in [2.75, 3.05) is 51.5 Å². The number of morpholine rings is 1. The molecule has 2 aliphatic heterocycles. The van der Waals surface area contributed by atoms with Crippen molar-refractivity contribution in [2.24, 2.45) is 0 Å². The highest BCUT2D eigenvalue weighted by Gasteiger charge is 2.23. The Morgan fingerprint density at radius 1 is 1.05 bits per heavy atom. The molecule has 0 saturated carbocycles. The van der Waals surface area contributed by atoms with E-state index in [9.17, 15) is 4.79 Å². The van der Waals surface area contributed by atoms with E-state index in [1.54, 1.807) is 30.0 Å². The number of amides is 1.